The van der Waals surface area contributed by atoms with E-state index in [0.29, 0.717) is 10.5 Å². The van der Waals surface area contributed by atoms with Crippen LogP contribution < -0.4 is 15.0 Å². The molecule has 1 fully saturated rings. The molecule has 0 saturated carbocycles. The van der Waals surface area contributed by atoms with Gasteiger partial charge in [-0.15, -0.1) is 0 Å². The molecule has 3 atom stereocenters. The van der Waals surface area contributed by atoms with Gasteiger partial charge in [-0.3, -0.25) is 4.79 Å². The quantitative estimate of drug-likeness (QED) is 0.261. The van der Waals surface area contributed by atoms with Crippen LogP contribution in [-0.2, 0) is 20.7 Å². The van der Waals surface area contributed by atoms with Gasteiger partial charge >= 0.3 is 24.2 Å². The van der Waals surface area contributed by atoms with Crippen molar-refractivity contribution in [2.24, 2.45) is 5.92 Å². The lowest BCUT2D eigenvalue weighted by atomic mass is 9.89. The van der Waals surface area contributed by atoms with Crippen LogP contribution in [0.2, 0.25) is 0 Å². The third-order valence-electron chi connectivity index (χ3n) is 7.02. The number of imide groups is 2. The molecule has 1 aliphatic rings. The highest BCUT2D eigenvalue weighted by atomic mass is 16.6. The minimum absolute atomic E-state index is 0.0405. The topological polar surface area (TPSA) is 165 Å². The van der Waals surface area contributed by atoms with E-state index < -0.39 is 59.5 Å². The Morgan fingerprint density at radius 1 is 0.917 bits per heavy atom. The van der Waals surface area contributed by atoms with E-state index in [1.54, 1.807) is 54.5 Å². The molecule has 1 aromatic heterocycles. The maximum atomic E-state index is 13.6. The van der Waals surface area contributed by atoms with Gasteiger partial charge < -0.3 is 24.6 Å². The average Bonchev–Trinajstić information content (AvgIpc) is 2.99. The number of nitrogens with one attached hydrogen (secondary N) is 1. The molecule has 2 aromatic carbocycles. The highest BCUT2D eigenvalue weighted by Crippen LogP contribution is 2.34. The predicted molar refractivity (Wildman–Crippen MR) is 174 cm³/mol. The van der Waals surface area contributed by atoms with E-state index >= 15 is 0 Å². The van der Waals surface area contributed by atoms with E-state index in [-0.39, 0.29) is 23.6 Å². The van der Waals surface area contributed by atoms with Crippen LogP contribution in [0.4, 0.5) is 20.2 Å². The zero-order chi connectivity index (χ0) is 35.4. The molecule has 2 heterocycles. The number of nitrogens with zero attached hydrogens (tertiary/aromatic N) is 3. The first-order chi connectivity index (χ1) is 22.4. The normalized spacial score (nSPS) is 16.6. The lowest BCUT2D eigenvalue weighted by Crippen LogP contribution is -2.68. The zero-order valence-corrected chi connectivity index (χ0v) is 27.9. The van der Waals surface area contributed by atoms with Gasteiger partial charge in [0, 0.05) is 6.20 Å². The van der Waals surface area contributed by atoms with Crippen molar-refractivity contribution in [2.75, 3.05) is 4.90 Å². The Bertz CT molecular complexity index is 1640. The fourth-order valence-electron chi connectivity index (χ4n) is 4.80. The number of ether oxygens (including phenoxy) is 3. The summed E-state index contributed by atoms with van der Waals surface area (Å²) in [6.45, 7) is 11.7. The maximum absolute atomic E-state index is 13.6. The number of hydrogen-bond acceptors (Lipinski definition) is 9. The second-order valence-electron chi connectivity index (χ2n) is 13.3. The summed E-state index contributed by atoms with van der Waals surface area (Å²) in [6.07, 6.45) is -1.64. The predicted octanol–water partition coefficient (Wildman–Crippen LogP) is 6.33. The molecule has 2 N–H and O–H groups in total. The summed E-state index contributed by atoms with van der Waals surface area (Å²) >= 11 is 0. The monoisotopic (exact) mass is 660 g/mol. The smallest absolute Gasteiger partial charge is 0.425 e. The van der Waals surface area contributed by atoms with Crippen LogP contribution >= 0.6 is 0 Å². The minimum atomic E-state index is -1.12. The lowest BCUT2D eigenvalue weighted by Gasteiger charge is -2.45. The van der Waals surface area contributed by atoms with Crippen molar-refractivity contribution in [2.45, 2.75) is 78.4 Å². The fourth-order valence-corrected chi connectivity index (χ4v) is 4.80. The molecule has 0 radical (unpaired) electrons. The Hall–Kier alpha value is -5.46. The second kappa shape index (κ2) is 14.1. The Balaban J connectivity index is 1.62. The summed E-state index contributed by atoms with van der Waals surface area (Å²) in [6, 6.07) is 16.8. The summed E-state index contributed by atoms with van der Waals surface area (Å²) < 4.78 is 17.0. The number of rotatable bonds is 8. The number of urea groups is 1. The summed E-state index contributed by atoms with van der Waals surface area (Å²) in [5, 5.41) is 12.1. The zero-order valence-electron chi connectivity index (χ0n) is 27.9. The second-order valence-corrected chi connectivity index (χ2v) is 13.3. The van der Waals surface area contributed by atoms with E-state index in [1.807, 2.05) is 30.3 Å². The summed E-state index contributed by atoms with van der Waals surface area (Å²) in [5.41, 5.74) is -0.479. The molecule has 4 rings (SSSR count). The van der Waals surface area contributed by atoms with Gasteiger partial charge in [0.15, 0.2) is 6.23 Å². The average molecular weight is 661 g/mol. The molecule has 13 nitrogen and oxygen atoms in total. The number of benzene rings is 2. The van der Waals surface area contributed by atoms with Crippen molar-refractivity contribution in [1.29, 1.82) is 0 Å². The maximum Gasteiger partial charge on any atom is 0.425 e. The summed E-state index contributed by atoms with van der Waals surface area (Å²) in [4.78, 5) is 70.5. The van der Waals surface area contributed by atoms with Crippen molar-refractivity contribution in [3.8, 4) is 5.75 Å². The van der Waals surface area contributed by atoms with Crippen LogP contribution in [0.15, 0.2) is 72.9 Å². The molecule has 3 aromatic rings. The number of aromatic nitrogens is 1. The molecule has 0 unspecified atom stereocenters. The molecule has 254 valence electrons. The first-order valence-electron chi connectivity index (χ1n) is 15.3. The van der Waals surface area contributed by atoms with Crippen LogP contribution in [-0.4, -0.2) is 62.5 Å². The minimum Gasteiger partial charge on any atom is -0.478 e. The number of hydrogen-bond donors (Lipinski definition) is 2. The summed E-state index contributed by atoms with van der Waals surface area (Å²) in [5.74, 6) is -2.35. The van der Waals surface area contributed by atoms with Crippen molar-refractivity contribution < 1.29 is 43.3 Å². The molecule has 48 heavy (non-hydrogen) atoms. The Morgan fingerprint density at radius 2 is 1.50 bits per heavy atom. The first-order valence-corrected chi connectivity index (χ1v) is 15.3. The van der Waals surface area contributed by atoms with E-state index in [2.05, 4.69) is 10.3 Å². The molecule has 1 aliphatic heterocycles. The summed E-state index contributed by atoms with van der Waals surface area (Å²) in [7, 11) is 0. The lowest BCUT2D eigenvalue weighted by molar-refractivity contribution is -0.166. The molecule has 0 aliphatic carbocycles. The molecular weight excluding hydrogens is 620 g/mol. The number of carbonyl (C=O) groups excluding carboxylic acids is 4. The number of carbonyl (C=O) groups is 5. The highest BCUT2D eigenvalue weighted by molar-refractivity contribution is 6.08. The Labute approximate surface area is 278 Å². The van der Waals surface area contributed by atoms with Crippen molar-refractivity contribution in [3.63, 3.8) is 0 Å². The standard InChI is InChI=1S/C35H40N4O9/c1-21(23-11-9-8-10-12-23)37-31(43)39-28(40)26(29(39)46-25-15-13-24(14-16-25)30(41)42)19-22-17-18-36-27(20-22)38(32(44)47-34(2,3)4)33(45)48-35(5,6)7/h8-18,20-21,26,29H,19H2,1-7H3,(H,37,43)(H,41,42)/t21-,26+,29-/m1/s1. The number of amides is 5. The van der Waals surface area contributed by atoms with Gasteiger partial charge in [-0.25, -0.2) is 29.1 Å². The Morgan fingerprint density at radius 3 is 2.04 bits per heavy atom. The van der Waals surface area contributed by atoms with Gasteiger partial charge in [0.1, 0.15) is 22.8 Å². The Kier molecular flexibility index (Phi) is 10.4. The number of anilines is 1. The van der Waals surface area contributed by atoms with Crippen molar-refractivity contribution >= 4 is 35.9 Å². The van der Waals surface area contributed by atoms with Crippen LogP contribution in [0.5, 0.6) is 5.75 Å². The van der Waals surface area contributed by atoms with Crippen LogP contribution in [0.3, 0.4) is 0 Å². The van der Waals surface area contributed by atoms with Gasteiger partial charge in [0.2, 0.25) is 5.91 Å². The van der Waals surface area contributed by atoms with Gasteiger partial charge in [0.05, 0.1) is 17.5 Å². The van der Waals surface area contributed by atoms with E-state index in [4.69, 9.17) is 14.2 Å². The number of aromatic carboxylic acids is 1. The number of carboxylic acid groups (broad SMARTS) is 1. The van der Waals surface area contributed by atoms with Gasteiger partial charge in [-0.2, -0.15) is 4.90 Å². The number of likely N-dealkylation sites (tertiary alicyclic amines) is 1. The largest absolute Gasteiger partial charge is 0.478 e. The van der Waals surface area contributed by atoms with Gasteiger partial charge in [-0.1, -0.05) is 30.3 Å². The molecule has 13 heteroatoms. The van der Waals surface area contributed by atoms with E-state index in [1.165, 1.54) is 36.5 Å². The SMILES string of the molecule is C[C@@H](NC(=O)N1C(=O)[C@H](Cc2ccnc(N(C(=O)OC(C)(C)C)C(=O)OC(C)(C)C)c2)[C@H]1Oc1ccc(C(=O)O)cc1)c1ccccc1. The van der Waals surface area contributed by atoms with Crippen LogP contribution in [0.1, 0.15) is 76.0 Å². The molecule has 1 saturated heterocycles. The highest BCUT2D eigenvalue weighted by Gasteiger charge is 2.53. The number of pyridine rings is 1. The molecule has 0 bridgehead atoms. The van der Waals surface area contributed by atoms with Crippen LogP contribution in [0, 0.1) is 5.92 Å². The molecule has 0 spiro atoms. The van der Waals surface area contributed by atoms with Gasteiger partial charge in [0.25, 0.3) is 0 Å². The van der Waals surface area contributed by atoms with Crippen molar-refractivity contribution in [3.05, 3.63) is 89.6 Å². The fraction of sp³-hybridized carbons (Fsp3) is 0.371. The first kappa shape index (κ1) is 35.4. The van der Waals surface area contributed by atoms with E-state index in [0.717, 1.165) is 10.5 Å². The van der Waals surface area contributed by atoms with Crippen molar-refractivity contribution in [1.82, 2.24) is 15.2 Å². The third kappa shape index (κ3) is 8.87. The third-order valence-corrected chi connectivity index (χ3v) is 7.02. The molecular formula is C35H40N4O9. The van der Waals surface area contributed by atoms with E-state index in [9.17, 15) is 29.1 Å². The number of carboxylic acids is 1. The number of β-lactam (4-membered cyclic amide) rings is 1. The van der Waals surface area contributed by atoms with Gasteiger partial charge in [-0.05, 0) is 102 Å². The molecule has 5 amide bonds. The van der Waals surface area contributed by atoms with Crippen LogP contribution in [0.25, 0.3) is 0 Å².